The summed E-state index contributed by atoms with van der Waals surface area (Å²) in [6.45, 7) is 5.00. The van der Waals surface area contributed by atoms with Crippen LogP contribution in [-0.4, -0.2) is 17.3 Å². The standard InChI is InChI=1S/C3H2F4.C3H4O2/c1-2(4)3(5,6)7;1-2-3(4)5/h1H2;2H,1H2,(H,4,5). The lowest BCUT2D eigenvalue weighted by Gasteiger charge is -1.97. The van der Waals surface area contributed by atoms with Crippen LogP contribution in [-0.2, 0) is 4.79 Å². The molecule has 0 heterocycles. The topological polar surface area (TPSA) is 37.3 Å². The van der Waals surface area contributed by atoms with E-state index in [1.807, 2.05) is 6.58 Å². The fourth-order valence-electron chi connectivity index (χ4n) is 0. The molecule has 1 N–H and O–H groups in total. The second kappa shape index (κ2) is 5.34. The van der Waals surface area contributed by atoms with Gasteiger partial charge in [0, 0.05) is 6.08 Å². The van der Waals surface area contributed by atoms with Crippen molar-refractivity contribution in [1.82, 2.24) is 0 Å². The summed E-state index contributed by atoms with van der Waals surface area (Å²) in [5, 5.41) is 7.60. The molecule has 0 aromatic rings. The molecule has 0 aliphatic rings. The van der Waals surface area contributed by atoms with E-state index in [1.165, 1.54) is 0 Å². The molecule has 2 nitrogen and oxygen atoms in total. The number of alkyl halides is 3. The fraction of sp³-hybridized carbons (Fsp3) is 0.167. The highest BCUT2D eigenvalue weighted by Crippen LogP contribution is 2.23. The Morgan fingerprint density at radius 2 is 1.58 bits per heavy atom. The molecule has 0 rings (SSSR count). The summed E-state index contributed by atoms with van der Waals surface area (Å²) in [4.78, 5) is 9.25. The zero-order valence-electron chi connectivity index (χ0n) is 5.86. The summed E-state index contributed by atoms with van der Waals surface area (Å²) in [5.41, 5.74) is 0. The van der Waals surface area contributed by atoms with Gasteiger partial charge >= 0.3 is 12.1 Å². The summed E-state index contributed by atoms with van der Waals surface area (Å²) >= 11 is 0. The van der Waals surface area contributed by atoms with Crippen molar-refractivity contribution in [1.29, 1.82) is 0 Å². The first-order chi connectivity index (χ1) is 5.21. The predicted molar refractivity (Wildman–Crippen MR) is 34.1 cm³/mol. The molecule has 0 aromatic heterocycles. The van der Waals surface area contributed by atoms with Crippen LogP contribution in [0.5, 0.6) is 0 Å². The molecular formula is C6H6F4O2. The maximum Gasteiger partial charge on any atom is 0.442 e. The Bertz CT molecular complexity index is 182. The number of carboxylic acid groups (broad SMARTS) is 1. The summed E-state index contributed by atoms with van der Waals surface area (Å²) < 4.78 is 43.0. The second-order valence-corrected chi connectivity index (χ2v) is 1.45. The van der Waals surface area contributed by atoms with Crippen LogP contribution in [0.25, 0.3) is 0 Å². The minimum Gasteiger partial charge on any atom is -0.478 e. The maximum absolute atomic E-state index is 10.9. The number of carboxylic acids is 1. The highest BCUT2D eigenvalue weighted by Gasteiger charge is 2.32. The molecule has 12 heavy (non-hydrogen) atoms. The van der Waals surface area contributed by atoms with E-state index >= 15 is 0 Å². The normalized spacial score (nSPS) is 9.33. The monoisotopic (exact) mass is 186 g/mol. The molecule has 0 fully saturated rings. The molecule has 0 aliphatic heterocycles. The SMILES string of the molecule is C=C(F)C(F)(F)F.C=CC(=O)O. The summed E-state index contributed by atoms with van der Waals surface area (Å²) in [6.07, 6.45) is -4.03. The van der Waals surface area contributed by atoms with Gasteiger partial charge < -0.3 is 5.11 Å². The molecule has 0 aromatic carbocycles. The molecule has 6 heteroatoms. The van der Waals surface area contributed by atoms with E-state index in [2.05, 4.69) is 6.58 Å². The molecule has 0 amide bonds. The van der Waals surface area contributed by atoms with Crippen molar-refractivity contribution in [3.63, 3.8) is 0 Å². The van der Waals surface area contributed by atoms with E-state index in [4.69, 9.17) is 5.11 Å². The van der Waals surface area contributed by atoms with Crippen molar-refractivity contribution in [2.45, 2.75) is 6.18 Å². The lowest BCUT2D eigenvalue weighted by atomic mass is 10.6. The van der Waals surface area contributed by atoms with Gasteiger partial charge in [0.2, 0.25) is 0 Å². The van der Waals surface area contributed by atoms with Gasteiger partial charge in [-0.2, -0.15) is 13.2 Å². The number of aliphatic carboxylic acids is 1. The highest BCUT2D eigenvalue weighted by atomic mass is 19.4. The number of halogens is 4. The Morgan fingerprint density at radius 3 is 1.58 bits per heavy atom. The van der Waals surface area contributed by atoms with Crippen molar-refractivity contribution in [3.8, 4) is 0 Å². The molecule has 0 unspecified atom stereocenters. The van der Waals surface area contributed by atoms with Crippen molar-refractivity contribution in [2.24, 2.45) is 0 Å². The molecule has 0 saturated carbocycles. The van der Waals surface area contributed by atoms with Crippen molar-refractivity contribution < 1.29 is 27.5 Å². The van der Waals surface area contributed by atoms with Crippen LogP contribution in [0.4, 0.5) is 17.6 Å². The summed E-state index contributed by atoms with van der Waals surface area (Å²) in [7, 11) is 0. The first kappa shape index (κ1) is 13.3. The number of allylic oxidation sites excluding steroid dienone is 1. The van der Waals surface area contributed by atoms with E-state index in [-0.39, 0.29) is 0 Å². The van der Waals surface area contributed by atoms with Crippen molar-refractivity contribution in [3.05, 3.63) is 25.1 Å². The Labute approximate surface area is 65.8 Å². The van der Waals surface area contributed by atoms with Gasteiger partial charge in [-0.3, -0.25) is 0 Å². The van der Waals surface area contributed by atoms with E-state index in [9.17, 15) is 22.4 Å². The maximum atomic E-state index is 10.9. The first-order valence-electron chi connectivity index (χ1n) is 2.48. The van der Waals surface area contributed by atoms with E-state index in [0.717, 1.165) is 6.08 Å². The minimum absolute atomic E-state index is 0.833. The first-order valence-corrected chi connectivity index (χ1v) is 2.48. The summed E-state index contributed by atoms with van der Waals surface area (Å²) in [6, 6.07) is 0. The zero-order valence-corrected chi connectivity index (χ0v) is 5.86. The number of hydrogen-bond donors (Lipinski definition) is 1. The predicted octanol–water partition coefficient (Wildman–Crippen LogP) is 2.29. The van der Waals surface area contributed by atoms with Crippen LogP contribution in [0.3, 0.4) is 0 Å². The molecule has 70 valence electrons. The second-order valence-electron chi connectivity index (χ2n) is 1.45. The van der Waals surface area contributed by atoms with Crippen LogP contribution in [0.1, 0.15) is 0 Å². The minimum atomic E-state index is -4.86. The van der Waals surface area contributed by atoms with E-state index in [1.54, 1.807) is 0 Å². The van der Waals surface area contributed by atoms with Crippen molar-refractivity contribution >= 4 is 5.97 Å². The number of hydrogen-bond acceptors (Lipinski definition) is 1. The molecule has 0 spiro atoms. The number of carbonyl (C=O) groups is 1. The zero-order chi connectivity index (χ0) is 10.4. The van der Waals surface area contributed by atoms with Gasteiger partial charge in [-0.15, -0.1) is 0 Å². The Morgan fingerprint density at radius 1 is 1.42 bits per heavy atom. The van der Waals surface area contributed by atoms with Gasteiger partial charge in [-0.25, -0.2) is 9.18 Å². The van der Waals surface area contributed by atoms with Gasteiger partial charge in [0.15, 0.2) is 5.83 Å². The number of rotatable bonds is 1. The quantitative estimate of drug-likeness (QED) is 0.503. The van der Waals surface area contributed by atoms with Crippen molar-refractivity contribution in [2.75, 3.05) is 0 Å². The van der Waals surface area contributed by atoms with Crippen LogP contribution >= 0.6 is 0 Å². The molecule has 0 atom stereocenters. The smallest absolute Gasteiger partial charge is 0.442 e. The Hall–Kier alpha value is -1.33. The Kier molecular flexibility index (Phi) is 5.90. The van der Waals surface area contributed by atoms with Crippen LogP contribution in [0, 0.1) is 0 Å². The van der Waals surface area contributed by atoms with Crippen LogP contribution in [0.2, 0.25) is 0 Å². The molecule has 0 saturated heterocycles. The van der Waals surface area contributed by atoms with Crippen LogP contribution in [0.15, 0.2) is 25.1 Å². The van der Waals surface area contributed by atoms with Gasteiger partial charge in [0.25, 0.3) is 0 Å². The van der Waals surface area contributed by atoms with Gasteiger partial charge in [-0.05, 0) is 0 Å². The lowest BCUT2D eigenvalue weighted by molar-refractivity contribution is -0.131. The van der Waals surface area contributed by atoms with E-state index in [0.29, 0.717) is 0 Å². The largest absolute Gasteiger partial charge is 0.478 e. The van der Waals surface area contributed by atoms with Gasteiger partial charge in [0.1, 0.15) is 0 Å². The third-order valence-electron chi connectivity index (χ3n) is 0.482. The van der Waals surface area contributed by atoms with Crippen LogP contribution < -0.4 is 0 Å². The highest BCUT2D eigenvalue weighted by molar-refractivity contribution is 5.78. The average molecular weight is 186 g/mol. The molecule has 0 radical (unpaired) electrons. The molecular weight excluding hydrogens is 180 g/mol. The van der Waals surface area contributed by atoms with Gasteiger partial charge in [-0.1, -0.05) is 13.2 Å². The van der Waals surface area contributed by atoms with E-state index < -0.39 is 18.0 Å². The molecule has 0 bridgehead atoms. The summed E-state index contributed by atoms with van der Waals surface area (Å²) in [5.74, 6) is -3.24. The van der Waals surface area contributed by atoms with Gasteiger partial charge in [0.05, 0.1) is 0 Å². The molecule has 0 aliphatic carbocycles. The lowest BCUT2D eigenvalue weighted by Crippen LogP contribution is -2.05. The fourth-order valence-corrected chi connectivity index (χ4v) is 0. The third-order valence-corrected chi connectivity index (χ3v) is 0.482. The average Bonchev–Trinajstić information content (AvgIpc) is 1.87. The Balaban J connectivity index is 0. The third kappa shape index (κ3) is 11.5.